The smallest absolute Gasteiger partial charge is 0.166 e. The highest BCUT2D eigenvalue weighted by Crippen LogP contribution is 2.32. The molecule has 2 aromatic rings. The van der Waals surface area contributed by atoms with E-state index in [2.05, 4.69) is 19.2 Å². The molecule has 0 aliphatic carbocycles. The van der Waals surface area contributed by atoms with Gasteiger partial charge in [0.2, 0.25) is 0 Å². The van der Waals surface area contributed by atoms with Gasteiger partial charge in [-0.25, -0.2) is 4.39 Å². The number of rotatable bonds is 10. The van der Waals surface area contributed by atoms with Gasteiger partial charge in [0.25, 0.3) is 0 Å². The fourth-order valence-electron chi connectivity index (χ4n) is 2.51. The van der Waals surface area contributed by atoms with Crippen LogP contribution in [0.2, 0.25) is 0 Å². The van der Waals surface area contributed by atoms with Gasteiger partial charge in [0.1, 0.15) is 12.4 Å². The molecule has 1 N–H and O–H groups in total. The molecule has 0 aromatic heterocycles. The second-order valence-electron chi connectivity index (χ2n) is 6.42. The molecule has 4 heteroatoms. The summed E-state index contributed by atoms with van der Waals surface area (Å²) < 4.78 is 25.5. The van der Waals surface area contributed by atoms with Crippen molar-refractivity contribution >= 4 is 0 Å². The van der Waals surface area contributed by atoms with Gasteiger partial charge in [0.05, 0.1) is 6.61 Å². The molecular formula is C21H28FNO2. The Balaban J connectivity index is 2.10. The van der Waals surface area contributed by atoms with Gasteiger partial charge in [-0.1, -0.05) is 44.2 Å². The van der Waals surface area contributed by atoms with Crippen LogP contribution in [0.1, 0.15) is 38.3 Å². The van der Waals surface area contributed by atoms with Crippen molar-refractivity contribution in [2.75, 3.05) is 13.2 Å². The number of benzene rings is 2. The van der Waals surface area contributed by atoms with Crippen LogP contribution in [0.15, 0.2) is 42.5 Å². The van der Waals surface area contributed by atoms with Crippen molar-refractivity contribution in [3.63, 3.8) is 0 Å². The summed E-state index contributed by atoms with van der Waals surface area (Å²) in [6.45, 7) is 8.73. The van der Waals surface area contributed by atoms with E-state index in [0.717, 1.165) is 18.5 Å². The van der Waals surface area contributed by atoms with Crippen LogP contribution in [-0.4, -0.2) is 13.2 Å². The summed E-state index contributed by atoms with van der Waals surface area (Å²) in [5.41, 5.74) is 1.55. The Labute approximate surface area is 150 Å². The van der Waals surface area contributed by atoms with Crippen LogP contribution in [0.4, 0.5) is 4.39 Å². The predicted molar refractivity (Wildman–Crippen MR) is 99.5 cm³/mol. The highest BCUT2D eigenvalue weighted by molar-refractivity contribution is 5.46. The number of para-hydroxylation sites is 1. The highest BCUT2D eigenvalue weighted by Gasteiger charge is 2.12. The lowest BCUT2D eigenvalue weighted by atomic mass is 10.1. The Kier molecular flexibility index (Phi) is 7.74. The average Bonchev–Trinajstić information content (AvgIpc) is 2.59. The van der Waals surface area contributed by atoms with Crippen LogP contribution >= 0.6 is 0 Å². The lowest BCUT2D eigenvalue weighted by Gasteiger charge is -2.17. The average molecular weight is 345 g/mol. The summed E-state index contributed by atoms with van der Waals surface area (Å²) in [6.07, 6.45) is 1.12. The normalized spacial score (nSPS) is 10.9. The zero-order chi connectivity index (χ0) is 18.1. The maximum atomic E-state index is 13.8. The van der Waals surface area contributed by atoms with Gasteiger partial charge >= 0.3 is 0 Å². The molecule has 0 unspecified atom stereocenters. The maximum Gasteiger partial charge on any atom is 0.166 e. The molecule has 25 heavy (non-hydrogen) atoms. The van der Waals surface area contributed by atoms with E-state index in [9.17, 15) is 4.39 Å². The highest BCUT2D eigenvalue weighted by atomic mass is 19.1. The van der Waals surface area contributed by atoms with Gasteiger partial charge in [0, 0.05) is 17.7 Å². The molecule has 2 rings (SSSR count). The van der Waals surface area contributed by atoms with Crippen molar-refractivity contribution in [3.8, 4) is 11.5 Å². The summed E-state index contributed by atoms with van der Waals surface area (Å²) in [5.74, 6) is 1.79. The van der Waals surface area contributed by atoms with Crippen LogP contribution < -0.4 is 14.8 Å². The first-order valence-corrected chi connectivity index (χ1v) is 8.93. The molecule has 0 amide bonds. The minimum absolute atomic E-state index is 0.176. The Bertz CT molecular complexity index is 658. The Morgan fingerprint density at radius 2 is 1.76 bits per heavy atom. The standard InChI is InChI=1S/C21H28FNO2/c1-4-24-20-11-7-9-17(14-23-13-12-16(2)3)21(20)25-15-18-8-5-6-10-19(18)22/h5-11,16,23H,4,12-15H2,1-3H3. The Hall–Kier alpha value is -2.07. The largest absolute Gasteiger partial charge is 0.490 e. The lowest BCUT2D eigenvalue weighted by Crippen LogP contribution is -2.17. The van der Waals surface area contributed by atoms with E-state index >= 15 is 0 Å². The van der Waals surface area contributed by atoms with Gasteiger partial charge in [-0.05, 0) is 37.9 Å². The predicted octanol–water partition coefficient (Wildman–Crippen LogP) is 4.94. The van der Waals surface area contributed by atoms with Crippen molar-refractivity contribution in [1.29, 1.82) is 0 Å². The second-order valence-corrected chi connectivity index (χ2v) is 6.42. The summed E-state index contributed by atoms with van der Waals surface area (Å²) in [6, 6.07) is 12.5. The molecule has 0 heterocycles. The number of nitrogens with one attached hydrogen (secondary N) is 1. The van der Waals surface area contributed by atoms with E-state index in [-0.39, 0.29) is 12.4 Å². The van der Waals surface area contributed by atoms with Crippen molar-refractivity contribution in [3.05, 3.63) is 59.4 Å². The van der Waals surface area contributed by atoms with Gasteiger partial charge in [-0.2, -0.15) is 0 Å². The summed E-state index contributed by atoms with van der Waals surface area (Å²) in [4.78, 5) is 0. The van der Waals surface area contributed by atoms with Gasteiger partial charge in [0.15, 0.2) is 11.5 Å². The molecule has 0 aliphatic rings. The molecule has 0 aliphatic heterocycles. The molecule has 0 saturated heterocycles. The third-order valence-corrected chi connectivity index (χ3v) is 3.90. The second kappa shape index (κ2) is 10.0. The SMILES string of the molecule is CCOc1cccc(CNCCC(C)C)c1OCc1ccccc1F. The number of hydrogen-bond acceptors (Lipinski definition) is 3. The monoisotopic (exact) mass is 345 g/mol. The van der Waals surface area contributed by atoms with Crippen molar-refractivity contribution in [2.24, 2.45) is 5.92 Å². The van der Waals surface area contributed by atoms with Crippen molar-refractivity contribution in [1.82, 2.24) is 5.32 Å². The van der Waals surface area contributed by atoms with Gasteiger partial charge < -0.3 is 14.8 Å². The molecule has 0 fully saturated rings. The minimum Gasteiger partial charge on any atom is -0.490 e. The van der Waals surface area contributed by atoms with E-state index in [4.69, 9.17) is 9.47 Å². The number of hydrogen-bond donors (Lipinski definition) is 1. The number of ether oxygens (including phenoxy) is 2. The first-order valence-electron chi connectivity index (χ1n) is 8.93. The zero-order valence-electron chi connectivity index (χ0n) is 15.3. The summed E-state index contributed by atoms with van der Waals surface area (Å²) >= 11 is 0. The van der Waals surface area contributed by atoms with Gasteiger partial charge in [-0.3, -0.25) is 0 Å². The third-order valence-electron chi connectivity index (χ3n) is 3.90. The van der Waals surface area contributed by atoms with Crippen LogP contribution in [-0.2, 0) is 13.2 Å². The fourth-order valence-corrected chi connectivity index (χ4v) is 2.51. The molecule has 2 aromatic carbocycles. The Morgan fingerprint density at radius 1 is 1.00 bits per heavy atom. The molecule has 0 saturated carbocycles. The molecule has 0 bridgehead atoms. The van der Waals surface area contributed by atoms with Crippen LogP contribution in [0.5, 0.6) is 11.5 Å². The minimum atomic E-state index is -0.256. The van der Waals surface area contributed by atoms with E-state index in [1.54, 1.807) is 12.1 Å². The molecule has 3 nitrogen and oxygen atoms in total. The first-order chi connectivity index (χ1) is 12.1. The van der Waals surface area contributed by atoms with Crippen molar-refractivity contribution < 1.29 is 13.9 Å². The van der Waals surface area contributed by atoms with Gasteiger partial charge in [-0.15, -0.1) is 0 Å². The topological polar surface area (TPSA) is 30.5 Å². The molecule has 0 spiro atoms. The summed E-state index contributed by atoms with van der Waals surface area (Å²) in [7, 11) is 0. The zero-order valence-corrected chi connectivity index (χ0v) is 15.3. The van der Waals surface area contributed by atoms with E-state index in [1.165, 1.54) is 6.07 Å². The molecule has 0 atom stereocenters. The van der Waals surface area contributed by atoms with Crippen LogP contribution in [0, 0.1) is 11.7 Å². The van der Waals surface area contributed by atoms with Crippen molar-refractivity contribution in [2.45, 2.75) is 40.3 Å². The lowest BCUT2D eigenvalue weighted by molar-refractivity contribution is 0.262. The van der Waals surface area contributed by atoms with E-state index < -0.39 is 0 Å². The summed E-state index contributed by atoms with van der Waals surface area (Å²) in [5, 5.41) is 3.44. The van der Waals surface area contributed by atoms with Crippen LogP contribution in [0.3, 0.4) is 0 Å². The quantitative estimate of drug-likeness (QED) is 0.619. The van der Waals surface area contributed by atoms with E-state index in [0.29, 0.717) is 36.1 Å². The molecule has 136 valence electrons. The molecular weight excluding hydrogens is 317 g/mol. The van der Waals surface area contributed by atoms with E-state index in [1.807, 2.05) is 31.2 Å². The molecule has 0 radical (unpaired) electrons. The fraction of sp³-hybridized carbons (Fsp3) is 0.429. The number of halogens is 1. The first kappa shape index (κ1) is 19.3. The van der Waals surface area contributed by atoms with Crippen LogP contribution in [0.25, 0.3) is 0 Å². The third kappa shape index (κ3) is 6.05. The maximum absolute atomic E-state index is 13.8. The Morgan fingerprint density at radius 3 is 2.48 bits per heavy atom.